The molecule has 2 amide bonds. The molecule has 0 aliphatic heterocycles. The molecule has 0 aromatic heterocycles. The second-order valence-electron chi connectivity index (χ2n) is 3.12. The second kappa shape index (κ2) is 5.67. The summed E-state index contributed by atoms with van der Waals surface area (Å²) in [6.45, 7) is 1.32. The van der Waals surface area contributed by atoms with Crippen LogP contribution in [0.25, 0.3) is 6.08 Å². The van der Waals surface area contributed by atoms with E-state index in [1.807, 2.05) is 35.8 Å². The number of hydrogen-bond donors (Lipinski definition) is 3. The van der Waals surface area contributed by atoms with E-state index >= 15 is 0 Å². The molecule has 0 fully saturated rings. The van der Waals surface area contributed by atoms with Crippen LogP contribution in [-0.4, -0.2) is 11.8 Å². The Kier molecular flexibility index (Phi) is 4.23. The highest BCUT2D eigenvalue weighted by Crippen LogP contribution is 2.04. The van der Waals surface area contributed by atoms with Crippen molar-refractivity contribution in [2.24, 2.45) is 5.84 Å². The first-order valence-electron chi connectivity index (χ1n) is 4.68. The predicted molar refractivity (Wildman–Crippen MR) is 60.6 cm³/mol. The van der Waals surface area contributed by atoms with Crippen LogP contribution in [0.3, 0.4) is 0 Å². The Morgan fingerprint density at radius 1 is 1.25 bits per heavy atom. The van der Waals surface area contributed by atoms with Crippen molar-refractivity contribution in [3.8, 4) is 0 Å². The zero-order valence-corrected chi connectivity index (χ0v) is 8.86. The number of rotatable bonds is 3. The molecule has 0 saturated heterocycles. The molecule has 1 aromatic rings. The van der Waals surface area contributed by atoms with Gasteiger partial charge in [-0.3, -0.25) is 15.0 Å². The van der Waals surface area contributed by atoms with Gasteiger partial charge >= 0.3 is 0 Å². The lowest BCUT2D eigenvalue weighted by Crippen LogP contribution is -2.37. The zero-order valence-electron chi connectivity index (χ0n) is 8.86. The molecule has 1 aromatic carbocycles. The smallest absolute Gasteiger partial charge is 0.281 e. The lowest BCUT2D eigenvalue weighted by atomic mass is 10.2. The number of amides is 2. The lowest BCUT2D eigenvalue weighted by molar-refractivity contribution is -0.122. The fourth-order valence-electron chi connectivity index (χ4n) is 1.14. The lowest BCUT2D eigenvalue weighted by Gasteiger charge is -2.06. The van der Waals surface area contributed by atoms with E-state index in [4.69, 9.17) is 5.84 Å². The van der Waals surface area contributed by atoms with Gasteiger partial charge < -0.3 is 5.32 Å². The average molecular weight is 219 g/mol. The highest BCUT2D eigenvalue weighted by molar-refractivity contribution is 6.00. The van der Waals surface area contributed by atoms with Crippen molar-refractivity contribution < 1.29 is 9.59 Å². The largest absolute Gasteiger partial charge is 0.322 e. The topological polar surface area (TPSA) is 84.2 Å². The Balaban J connectivity index is 2.96. The third-order valence-electron chi connectivity index (χ3n) is 1.80. The molecule has 16 heavy (non-hydrogen) atoms. The summed E-state index contributed by atoms with van der Waals surface area (Å²) in [7, 11) is 0. The van der Waals surface area contributed by atoms with Gasteiger partial charge in [0.1, 0.15) is 5.70 Å². The summed E-state index contributed by atoms with van der Waals surface area (Å²) in [6, 6.07) is 9.14. The maximum Gasteiger partial charge on any atom is 0.281 e. The molecular formula is C11H13N3O2. The minimum atomic E-state index is -0.543. The SMILES string of the molecule is CC(=O)N/C(=C/c1ccccc1)C(=O)NN. The molecule has 0 heterocycles. The Labute approximate surface area is 93.3 Å². The molecule has 0 spiro atoms. The van der Waals surface area contributed by atoms with Crippen molar-refractivity contribution in [3.63, 3.8) is 0 Å². The Bertz CT molecular complexity index is 412. The highest BCUT2D eigenvalue weighted by Gasteiger charge is 2.08. The van der Waals surface area contributed by atoms with Crippen LogP contribution in [-0.2, 0) is 9.59 Å². The molecule has 5 nitrogen and oxygen atoms in total. The quantitative estimate of drug-likeness (QED) is 0.293. The van der Waals surface area contributed by atoms with Crippen LogP contribution < -0.4 is 16.6 Å². The van der Waals surface area contributed by atoms with E-state index in [9.17, 15) is 9.59 Å². The summed E-state index contributed by atoms with van der Waals surface area (Å²) < 4.78 is 0. The minimum Gasteiger partial charge on any atom is -0.322 e. The van der Waals surface area contributed by atoms with Crippen molar-refractivity contribution >= 4 is 17.9 Å². The maximum atomic E-state index is 11.3. The zero-order chi connectivity index (χ0) is 12.0. The molecule has 0 aliphatic rings. The van der Waals surface area contributed by atoms with E-state index in [0.29, 0.717) is 0 Å². The molecule has 0 atom stereocenters. The molecule has 0 unspecified atom stereocenters. The standard InChI is InChI=1S/C11H13N3O2/c1-8(15)13-10(11(16)14-12)7-9-5-3-2-4-6-9/h2-7H,12H2,1H3,(H,13,15)(H,14,16)/b10-7+. The second-order valence-corrected chi connectivity index (χ2v) is 3.12. The van der Waals surface area contributed by atoms with Crippen molar-refractivity contribution in [2.45, 2.75) is 6.92 Å². The third kappa shape index (κ3) is 3.55. The summed E-state index contributed by atoms with van der Waals surface area (Å²) in [5.41, 5.74) is 2.88. The van der Waals surface area contributed by atoms with Gasteiger partial charge in [0.15, 0.2) is 0 Å². The average Bonchev–Trinajstić information content (AvgIpc) is 2.28. The van der Waals surface area contributed by atoms with E-state index in [1.165, 1.54) is 6.92 Å². The van der Waals surface area contributed by atoms with Gasteiger partial charge in [-0.1, -0.05) is 30.3 Å². The van der Waals surface area contributed by atoms with Crippen LogP contribution in [0.15, 0.2) is 36.0 Å². The van der Waals surface area contributed by atoms with Crippen LogP contribution >= 0.6 is 0 Å². The van der Waals surface area contributed by atoms with E-state index < -0.39 is 5.91 Å². The molecule has 0 saturated carbocycles. The van der Waals surface area contributed by atoms with E-state index in [-0.39, 0.29) is 11.6 Å². The summed E-state index contributed by atoms with van der Waals surface area (Å²) >= 11 is 0. The first-order chi connectivity index (χ1) is 7.63. The van der Waals surface area contributed by atoms with Crippen molar-refractivity contribution in [1.29, 1.82) is 0 Å². The molecule has 84 valence electrons. The Morgan fingerprint density at radius 2 is 1.88 bits per heavy atom. The van der Waals surface area contributed by atoms with Crippen LogP contribution in [0.5, 0.6) is 0 Å². The number of nitrogens with one attached hydrogen (secondary N) is 2. The van der Waals surface area contributed by atoms with Gasteiger partial charge in [-0.25, -0.2) is 5.84 Å². The van der Waals surface area contributed by atoms with E-state index in [0.717, 1.165) is 5.56 Å². The van der Waals surface area contributed by atoms with Crippen molar-refractivity contribution in [3.05, 3.63) is 41.6 Å². The normalized spacial score (nSPS) is 10.8. The first-order valence-corrected chi connectivity index (χ1v) is 4.68. The molecule has 4 N–H and O–H groups in total. The molecule has 1 rings (SSSR count). The number of carbonyl (C=O) groups excluding carboxylic acids is 2. The van der Waals surface area contributed by atoms with Crippen LogP contribution in [0, 0.1) is 0 Å². The maximum absolute atomic E-state index is 11.3. The highest BCUT2D eigenvalue weighted by atomic mass is 16.2. The van der Waals surface area contributed by atoms with Crippen molar-refractivity contribution in [2.75, 3.05) is 0 Å². The number of hydrazine groups is 1. The summed E-state index contributed by atoms with van der Waals surface area (Å²) in [6.07, 6.45) is 1.55. The van der Waals surface area contributed by atoms with Gasteiger partial charge in [-0.2, -0.15) is 0 Å². The van der Waals surface area contributed by atoms with Gasteiger partial charge in [-0.05, 0) is 11.6 Å². The van der Waals surface area contributed by atoms with Gasteiger partial charge in [0, 0.05) is 6.92 Å². The van der Waals surface area contributed by atoms with E-state index in [2.05, 4.69) is 5.32 Å². The molecule has 0 bridgehead atoms. The summed E-state index contributed by atoms with van der Waals surface area (Å²) in [4.78, 5) is 22.2. The Hall–Kier alpha value is -2.14. The monoisotopic (exact) mass is 219 g/mol. The molecule has 0 radical (unpaired) electrons. The van der Waals surface area contributed by atoms with Crippen LogP contribution in [0.4, 0.5) is 0 Å². The number of benzene rings is 1. The van der Waals surface area contributed by atoms with Gasteiger partial charge in [0.25, 0.3) is 5.91 Å². The number of nitrogens with two attached hydrogens (primary N) is 1. The van der Waals surface area contributed by atoms with Gasteiger partial charge in [-0.15, -0.1) is 0 Å². The fraction of sp³-hybridized carbons (Fsp3) is 0.0909. The summed E-state index contributed by atoms with van der Waals surface area (Å²) in [5.74, 6) is 4.14. The molecule has 0 aliphatic carbocycles. The first kappa shape index (κ1) is 11.9. The van der Waals surface area contributed by atoms with E-state index in [1.54, 1.807) is 6.08 Å². The number of carbonyl (C=O) groups is 2. The van der Waals surface area contributed by atoms with Gasteiger partial charge in [0.05, 0.1) is 0 Å². The number of hydrogen-bond acceptors (Lipinski definition) is 3. The molecule has 5 heteroatoms. The Morgan fingerprint density at radius 3 is 2.38 bits per heavy atom. The van der Waals surface area contributed by atoms with Crippen LogP contribution in [0.1, 0.15) is 12.5 Å². The summed E-state index contributed by atoms with van der Waals surface area (Å²) in [5, 5.41) is 2.41. The fourth-order valence-corrected chi connectivity index (χ4v) is 1.14. The van der Waals surface area contributed by atoms with Gasteiger partial charge in [0.2, 0.25) is 5.91 Å². The third-order valence-corrected chi connectivity index (χ3v) is 1.80. The van der Waals surface area contributed by atoms with Crippen LogP contribution in [0.2, 0.25) is 0 Å². The molecular weight excluding hydrogens is 206 g/mol. The predicted octanol–water partition coefficient (Wildman–Crippen LogP) is 0.154. The minimum absolute atomic E-state index is 0.112. The van der Waals surface area contributed by atoms with Crippen molar-refractivity contribution in [1.82, 2.24) is 10.7 Å².